The molecule has 0 saturated heterocycles. The third-order valence-corrected chi connectivity index (χ3v) is 10.1. The van der Waals surface area contributed by atoms with Crippen LogP contribution in [0.5, 0.6) is 0 Å². The van der Waals surface area contributed by atoms with Gasteiger partial charge in [0.15, 0.2) is 0 Å². The van der Waals surface area contributed by atoms with Crippen molar-refractivity contribution >= 4 is 36.4 Å². The predicted octanol–water partition coefficient (Wildman–Crippen LogP) is 12.2. The Morgan fingerprint density at radius 3 is 1.42 bits per heavy atom. The highest BCUT2D eigenvalue weighted by molar-refractivity contribution is 6.66. The molecule has 3 aromatic rings. The van der Waals surface area contributed by atoms with Crippen molar-refractivity contribution in [3.63, 3.8) is 0 Å². The van der Waals surface area contributed by atoms with Gasteiger partial charge in [0.1, 0.15) is 0 Å². The van der Waals surface area contributed by atoms with Crippen molar-refractivity contribution in [1.82, 2.24) is 0 Å². The number of allylic oxidation sites excluding steroid dienone is 18. The van der Waals surface area contributed by atoms with Gasteiger partial charge in [-0.2, -0.15) is 0 Å². The van der Waals surface area contributed by atoms with Gasteiger partial charge in [-0.05, 0) is 87.3 Å². The minimum Gasteiger partial charge on any atom is -0.371 e. The van der Waals surface area contributed by atoms with Crippen molar-refractivity contribution in [3.8, 4) is 0 Å². The lowest BCUT2D eigenvalue weighted by Crippen LogP contribution is -2.44. The highest BCUT2D eigenvalue weighted by atomic mass is 28.4. The quantitative estimate of drug-likeness (QED) is 0.0822. The minimum absolute atomic E-state index is 0.556. The molecule has 0 saturated carbocycles. The van der Waals surface area contributed by atoms with Crippen molar-refractivity contribution in [2.75, 3.05) is 19.8 Å². The number of rotatable bonds is 17. The van der Waals surface area contributed by atoms with Gasteiger partial charge in [-0.3, -0.25) is 0 Å². The van der Waals surface area contributed by atoms with Gasteiger partial charge in [0, 0.05) is 19.8 Å². The molecule has 250 valence electrons. The smallest absolute Gasteiger partial charge is 0.371 e. The van der Waals surface area contributed by atoms with Crippen molar-refractivity contribution in [2.45, 2.75) is 48.5 Å². The minimum atomic E-state index is -2.76. The van der Waals surface area contributed by atoms with Gasteiger partial charge in [0.25, 0.3) is 0 Å². The number of hydrogen-bond acceptors (Lipinski definition) is 3. The van der Waals surface area contributed by atoms with E-state index in [1.54, 1.807) is 0 Å². The van der Waals surface area contributed by atoms with Crippen LogP contribution in [-0.2, 0) is 13.3 Å². The fourth-order valence-electron chi connectivity index (χ4n) is 5.04. The summed E-state index contributed by atoms with van der Waals surface area (Å²) in [4.78, 5) is 0. The van der Waals surface area contributed by atoms with Crippen LogP contribution in [0.15, 0.2) is 168 Å². The van der Waals surface area contributed by atoms with Crippen LogP contribution in [0.25, 0.3) is 27.6 Å². The van der Waals surface area contributed by atoms with Crippen LogP contribution in [0.1, 0.15) is 54.0 Å². The molecule has 3 nitrogen and oxygen atoms in total. The maximum absolute atomic E-state index is 5.85. The lowest BCUT2D eigenvalue weighted by Gasteiger charge is -2.25. The van der Waals surface area contributed by atoms with Crippen molar-refractivity contribution in [3.05, 3.63) is 173 Å². The highest BCUT2D eigenvalue weighted by Crippen LogP contribution is 2.29. The Bertz CT molecular complexity index is 1720. The summed E-state index contributed by atoms with van der Waals surface area (Å²) in [6, 6.07) is 19.5. The molecule has 48 heavy (non-hydrogen) atoms. The standard InChI is InChI=1S/C44H52O3Si/c1-8-45-48(46-9-2,47-10-3)34-18-17-23-38(6)25-19-24-36(4)21-11-12-22-37(5)26-20-27-39(7)32-33-44-42-30-15-13-28-40(42)35-41-29-14-16-31-43(41)44/h11-35H,8-10H2,1-7H3/b12-11+,23-17+,24-19+,26-20+,33-32+,34-18+,36-21+,37-22+,38-25+,39-27+. The lowest BCUT2D eigenvalue weighted by molar-refractivity contribution is 0.0843. The van der Waals surface area contributed by atoms with E-state index in [0.717, 1.165) is 5.57 Å². The van der Waals surface area contributed by atoms with Crippen LogP contribution in [0.3, 0.4) is 0 Å². The zero-order valence-corrected chi connectivity index (χ0v) is 30.8. The Labute approximate surface area is 290 Å². The van der Waals surface area contributed by atoms with E-state index in [9.17, 15) is 0 Å². The first-order chi connectivity index (χ1) is 23.3. The normalized spacial score (nSPS) is 14.6. The van der Waals surface area contributed by atoms with Crippen LogP contribution in [0.2, 0.25) is 0 Å². The molecule has 0 aliphatic heterocycles. The average molecular weight is 657 g/mol. The molecule has 0 aliphatic carbocycles. The molecule has 0 N–H and O–H groups in total. The van der Waals surface area contributed by atoms with E-state index >= 15 is 0 Å². The number of fused-ring (bicyclic) bond motifs is 2. The third kappa shape index (κ3) is 12.7. The summed E-state index contributed by atoms with van der Waals surface area (Å²) in [5.74, 6) is 0. The Morgan fingerprint density at radius 1 is 0.521 bits per heavy atom. The molecule has 0 aliphatic rings. The molecule has 3 aromatic carbocycles. The van der Waals surface area contributed by atoms with E-state index in [1.807, 2.05) is 38.6 Å². The lowest BCUT2D eigenvalue weighted by atomic mass is 9.96. The molecule has 0 unspecified atom stereocenters. The monoisotopic (exact) mass is 656 g/mol. The van der Waals surface area contributed by atoms with Crippen LogP contribution in [0.4, 0.5) is 0 Å². The van der Waals surface area contributed by atoms with Gasteiger partial charge in [-0.1, -0.05) is 162 Å². The van der Waals surface area contributed by atoms with Crippen LogP contribution >= 0.6 is 0 Å². The summed E-state index contributed by atoms with van der Waals surface area (Å²) in [5, 5.41) is 5.08. The fraction of sp³-hybridized carbons (Fsp3) is 0.227. The van der Waals surface area contributed by atoms with Crippen LogP contribution in [-0.4, -0.2) is 28.6 Å². The second-order valence-electron chi connectivity index (χ2n) is 11.4. The SMILES string of the molecule is CCO[Si](/C=C/C=C/C(C)=C/C=C/C(C)=C/C=C/C=C(C)/C=C/C=C(C)/C=C/c1c2ccccc2cc2ccccc12)(OCC)OCC. The Balaban J connectivity index is 1.54. The fourth-order valence-corrected chi connectivity index (χ4v) is 7.13. The first-order valence-corrected chi connectivity index (χ1v) is 18.7. The summed E-state index contributed by atoms with van der Waals surface area (Å²) in [5.41, 5.74) is 7.90. The molecule has 0 heterocycles. The van der Waals surface area contributed by atoms with Crippen LogP contribution in [0, 0.1) is 0 Å². The van der Waals surface area contributed by atoms with Crippen LogP contribution < -0.4 is 0 Å². The largest absolute Gasteiger partial charge is 0.529 e. The predicted molar refractivity (Wildman–Crippen MR) is 212 cm³/mol. The summed E-state index contributed by atoms with van der Waals surface area (Å²) in [6.07, 6.45) is 31.5. The summed E-state index contributed by atoms with van der Waals surface area (Å²) < 4.78 is 17.6. The van der Waals surface area contributed by atoms with Crippen molar-refractivity contribution in [1.29, 1.82) is 0 Å². The molecule has 4 heteroatoms. The average Bonchev–Trinajstić information content (AvgIpc) is 3.07. The molecule has 0 bridgehead atoms. The van der Waals surface area contributed by atoms with Gasteiger partial charge >= 0.3 is 8.80 Å². The summed E-state index contributed by atoms with van der Waals surface area (Å²) in [6.45, 7) is 16.0. The Morgan fingerprint density at radius 2 is 0.938 bits per heavy atom. The first-order valence-electron chi connectivity index (χ1n) is 16.9. The van der Waals surface area contributed by atoms with Crippen molar-refractivity contribution < 1.29 is 13.3 Å². The Hall–Kier alpha value is -4.32. The van der Waals surface area contributed by atoms with Crippen molar-refractivity contribution in [2.24, 2.45) is 0 Å². The zero-order chi connectivity index (χ0) is 34.6. The van der Waals surface area contributed by atoms with E-state index in [1.165, 1.54) is 43.8 Å². The zero-order valence-electron chi connectivity index (χ0n) is 29.8. The number of hydrogen-bond donors (Lipinski definition) is 0. The molecule has 0 fully saturated rings. The molecular weight excluding hydrogens is 605 g/mol. The summed E-state index contributed by atoms with van der Waals surface area (Å²) >= 11 is 0. The van der Waals surface area contributed by atoms with Gasteiger partial charge in [-0.15, -0.1) is 0 Å². The molecule has 3 rings (SSSR count). The molecule has 0 radical (unpaired) electrons. The molecule has 0 aromatic heterocycles. The molecular formula is C44H52O3Si. The maximum atomic E-state index is 5.85. The van der Waals surface area contributed by atoms with E-state index in [-0.39, 0.29) is 0 Å². The van der Waals surface area contributed by atoms with Gasteiger partial charge in [-0.25, -0.2) is 0 Å². The first kappa shape index (κ1) is 38.1. The van der Waals surface area contributed by atoms with E-state index in [0.29, 0.717) is 19.8 Å². The van der Waals surface area contributed by atoms with Gasteiger partial charge in [0.2, 0.25) is 0 Å². The third-order valence-electron chi connectivity index (χ3n) is 7.40. The Kier molecular flexibility index (Phi) is 16.5. The van der Waals surface area contributed by atoms with Gasteiger partial charge < -0.3 is 13.3 Å². The van der Waals surface area contributed by atoms with E-state index in [4.69, 9.17) is 13.3 Å². The second-order valence-corrected chi connectivity index (χ2v) is 13.8. The molecule has 0 atom stereocenters. The maximum Gasteiger partial charge on any atom is 0.529 e. The molecule has 0 spiro atoms. The second kappa shape index (κ2) is 20.8. The molecule has 0 amide bonds. The highest BCUT2D eigenvalue weighted by Gasteiger charge is 2.37. The summed E-state index contributed by atoms with van der Waals surface area (Å²) in [7, 11) is -2.76. The van der Waals surface area contributed by atoms with Gasteiger partial charge in [0.05, 0.1) is 0 Å². The van der Waals surface area contributed by atoms with E-state index in [2.05, 4.69) is 161 Å². The number of benzene rings is 3. The topological polar surface area (TPSA) is 27.7 Å². The van der Waals surface area contributed by atoms with E-state index < -0.39 is 8.80 Å².